The van der Waals surface area contributed by atoms with Gasteiger partial charge in [-0.25, -0.2) is 0 Å². The Labute approximate surface area is 180 Å². The standard InChI is InChI=1S/C25H35N3O2/c29-24(27-17-15-26(16-18-27)19-21-7-2-1-3-8-21)13-12-22-9-6-14-28(20-22)25(30)23-10-4-5-11-23/h1-3,7-8,10,22H,4-6,9,11-20H2/t22-/m0/s1. The average Bonchev–Trinajstić information content (AvgIpc) is 3.33. The van der Waals surface area contributed by atoms with E-state index in [4.69, 9.17) is 0 Å². The van der Waals surface area contributed by atoms with E-state index in [1.54, 1.807) is 0 Å². The third kappa shape index (κ3) is 5.51. The molecule has 3 aliphatic rings. The molecule has 1 atom stereocenters. The van der Waals surface area contributed by atoms with Crippen LogP contribution in [0.2, 0.25) is 0 Å². The number of hydrogen-bond acceptors (Lipinski definition) is 3. The van der Waals surface area contributed by atoms with Gasteiger partial charge in [-0.1, -0.05) is 36.4 Å². The maximum absolute atomic E-state index is 12.7. The highest BCUT2D eigenvalue weighted by molar-refractivity contribution is 5.93. The van der Waals surface area contributed by atoms with Gasteiger partial charge in [-0.05, 0) is 50.0 Å². The highest BCUT2D eigenvalue weighted by atomic mass is 16.2. The molecule has 1 aromatic carbocycles. The minimum atomic E-state index is 0.248. The van der Waals surface area contributed by atoms with Crippen molar-refractivity contribution in [1.82, 2.24) is 14.7 Å². The molecule has 2 fully saturated rings. The van der Waals surface area contributed by atoms with Crippen molar-refractivity contribution in [3.8, 4) is 0 Å². The molecule has 0 unspecified atom stereocenters. The molecule has 5 nitrogen and oxygen atoms in total. The van der Waals surface area contributed by atoms with Gasteiger partial charge >= 0.3 is 0 Å². The van der Waals surface area contributed by atoms with E-state index in [-0.39, 0.29) is 11.8 Å². The fourth-order valence-corrected chi connectivity index (χ4v) is 5.04. The summed E-state index contributed by atoms with van der Waals surface area (Å²) in [5, 5.41) is 0. The van der Waals surface area contributed by atoms with Gasteiger partial charge in [-0.15, -0.1) is 0 Å². The van der Waals surface area contributed by atoms with Gasteiger partial charge < -0.3 is 9.80 Å². The van der Waals surface area contributed by atoms with Crippen molar-refractivity contribution in [3.63, 3.8) is 0 Å². The molecule has 30 heavy (non-hydrogen) atoms. The van der Waals surface area contributed by atoms with Gasteiger partial charge in [0, 0.05) is 57.8 Å². The fraction of sp³-hybridized carbons (Fsp3) is 0.600. The molecule has 1 aliphatic carbocycles. The van der Waals surface area contributed by atoms with Crippen molar-refractivity contribution >= 4 is 11.8 Å². The topological polar surface area (TPSA) is 43.9 Å². The molecule has 0 radical (unpaired) electrons. The van der Waals surface area contributed by atoms with E-state index in [1.807, 2.05) is 15.9 Å². The first-order valence-electron chi connectivity index (χ1n) is 11.7. The van der Waals surface area contributed by atoms with Crippen LogP contribution in [0.25, 0.3) is 0 Å². The van der Waals surface area contributed by atoms with E-state index < -0.39 is 0 Å². The number of rotatable bonds is 6. The summed E-state index contributed by atoms with van der Waals surface area (Å²) in [6.45, 7) is 6.22. The van der Waals surface area contributed by atoms with Crippen molar-refractivity contribution in [2.75, 3.05) is 39.3 Å². The third-order valence-electron chi connectivity index (χ3n) is 6.86. The number of benzene rings is 1. The third-order valence-corrected chi connectivity index (χ3v) is 6.86. The predicted molar refractivity (Wildman–Crippen MR) is 119 cm³/mol. The summed E-state index contributed by atoms with van der Waals surface area (Å²) in [5.41, 5.74) is 2.35. The fourth-order valence-electron chi connectivity index (χ4n) is 5.04. The minimum Gasteiger partial charge on any atom is -0.340 e. The Hall–Kier alpha value is -2.14. The van der Waals surface area contributed by atoms with Gasteiger partial charge in [0.15, 0.2) is 0 Å². The Kier molecular flexibility index (Phi) is 7.21. The largest absolute Gasteiger partial charge is 0.340 e. The van der Waals surface area contributed by atoms with Crippen LogP contribution in [0, 0.1) is 5.92 Å². The van der Waals surface area contributed by atoms with Crippen LogP contribution in [-0.2, 0) is 16.1 Å². The van der Waals surface area contributed by atoms with E-state index in [0.29, 0.717) is 12.3 Å². The quantitative estimate of drug-likeness (QED) is 0.723. The van der Waals surface area contributed by atoms with Crippen LogP contribution in [0.3, 0.4) is 0 Å². The molecule has 2 heterocycles. The van der Waals surface area contributed by atoms with Crippen molar-refractivity contribution in [2.24, 2.45) is 5.92 Å². The predicted octanol–water partition coefficient (Wildman–Crippen LogP) is 3.46. The van der Waals surface area contributed by atoms with E-state index in [9.17, 15) is 9.59 Å². The van der Waals surface area contributed by atoms with Gasteiger partial charge in [0.1, 0.15) is 0 Å². The lowest BCUT2D eigenvalue weighted by atomic mass is 9.92. The molecular formula is C25H35N3O2. The van der Waals surface area contributed by atoms with Crippen molar-refractivity contribution < 1.29 is 9.59 Å². The van der Waals surface area contributed by atoms with E-state index in [2.05, 4.69) is 35.2 Å². The van der Waals surface area contributed by atoms with Crippen molar-refractivity contribution in [1.29, 1.82) is 0 Å². The Morgan fingerprint density at radius 3 is 2.47 bits per heavy atom. The second-order valence-electron chi connectivity index (χ2n) is 9.06. The van der Waals surface area contributed by atoms with Gasteiger partial charge in [0.25, 0.3) is 0 Å². The first kappa shape index (κ1) is 21.1. The maximum Gasteiger partial charge on any atom is 0.249 e. The zero-order chi connectivity index (χ0) is 20.8. The molecule has 2 amide bonds. The lowest BCUT2D eigenvalue weighted by molar-refractivity contribution is -0.133. The number of carbonyl (C=O) groups is 2. The van der Waals surface area contributed by atoms with Crippen LogP contribution in [0.15, 0.2) is 42.0 Å². The number of allylic oxidation sites excluding steroid dienone is 1. The summed E-state index contributed by atoms with van der Waals surface area (Å²) < 4.78 is 0. The molecule has 0 bridgehead atoms. The van der Waals surface area contributed by atoms with E-state index >= 15 is 0 Å². The maximum atomic E-state index is 12.7. The van der Waals surface area contributed by atoms with Crippen molar-refractivity contribution in [3.05, 3.63) is 47.5 Å². The Morgan fingerprint density at radius 2 is 1.73 bits per heavy atom. The van der Waals surface area contributed by atoms with Gasteiger partial charge in [-0.3, -0.25) is 14.5 Å². The van der Waals surface area contributed by atoms with Crippen LogP contribution in [0.4, 0.5) is 0 Å². The molecule has 1 aromatic rings. The molecule has 0 N–H and O–H groups in total. The minimum absolute atomic E-state index is 0.248. The normalized spacial score (nSPS) is 22.8. The van der Waals surface area contributed by atoms with E-state index in [0.717, 1.165) is 89.9 Å². The number of likely N-dealkylation sites (tertiary alicyclic amines) is 1. The summed E-state index contributed by atoms with van der Waals surface area (Å²) >= 11 is 0. The lowest BCUT2D eigenvalue weighted by Crippen LogP contribution is -2.48. The highest BCUT2D eigenvalue weighted by Gasteiger charge is 2.28. The molecular weight excluding hydrogens is 374 g/mol. The molecule has 2 saturated heterocycles. The summed E-state index contributed by atoms with van der Waals surface area (Å²) in [5.74, 6) is 1.00. The van der Waals surface area contributed by atoms with E-state index in [1.165, 1.54) is 5.56 Å². The van der Waals surface area contributed by atoms with Crippen LogP contribution >= 0.6 is 0 Å². The number of hydrogen-bond donors (Lipinski definition) is 0. The first-order valence-corrected chi connectivity index (χ1v) is 11.7. The molecule has 4 rings (SSSR count). The lowest BCUT2D eigenvalue weighted by Gasteiger charge is -2.36. The second-order valence-corrected chi connectivity index (χ2v) is 9.06. The van der Waals surface area contributed by atoms with Crippen LogP contribution in [0.5, 0.6) is 0 Å². The molecule has 0 saturated carbocycles. The van der Waals surface area contributed by atoms with Crippen molar-refractivity contribution in [2.45, 2.75) is 51.5 Å². The first-order chi connectivity index (χ1) is 14.7. The zero-order valence-corrected chi connectivity index (χ0v) is 18.1. The van der Waals surface area contributed by atoms with Gasteiger partial charge in [0.2, 0.25) is 11.8 Å². The zero-order valence-electron chi connectivity index (χ0n) is 18.1. The van der Waals surface area contributed by atoms with Crippen LogP contribution in [0.1, 0.15) is 50.5 Å². The Bertz CT molecular complexity index is 753. The molecule has 0 spiro atoms. The Balaban J connectivity index is 1.18. The average molecular weight is 410 g/mol. The number of nitrogens with zero attached hydrogens (tertiary/aromatic N) is 3. The summed E-state index contributed by atoms with van der Waals surface area (Å²) in [6, 6.07) is 10.5. The molecule has 5 heteroatoms. The monoisotopic (exact) mass is 409 g/mol. The molecule has 0 aromatic heterocycles. The summed E-state index contributed by atoms with van der Waals surface area (Å²) in [4.78, 5) is 31.9. The molecule has 162 valence electrons. The summed E-state index contributed by atoms with van der Waals surface area (Å²) in [7, 11) is 0. The van der Waals surface area contributed by atoms with Crippen LogP contribution < -0.4 is 0 Å². The summed E-state index contributed by atoms with van der Waals surface area (Å²) in [6.07, 6.45) is 8.95. The number of amides is 2. The molecule has 2 aliphatic heterocycles. The number of carbonyl (C=O) groups excluding carboxylic acids is 2. The number of piperazine rings is 1. The van der Waals surface area contributed by atoms with Gasteiger partial charge in [-0.2, -0.15) is 0 Å². The smallest absolute Gasteiger partial charge is 0.249 e. The number of piperidine rings is 1. The SMILES string of the molecule is O=C(CC[C@@H]1CCCN(C(=O)C2=CCCC2)C1)N1CCN(Cc2ccccc2)CC1. The second kappa shape index (κ2) is 10.3. The van der Waals surface area contributed by atoms with Gasteiger partial charge in [0.05, 0.1) is 0 Å². The highest BCUT2D eigenvalue weighted by Crippen LogP contribution is 2.26. The van der Waals surface area contributed by atoms with Crippen LogP contribution in [-0.4, -0.2) is 65.8 Å². The Morgan fingerprint density at radius 1 is 0.933 bits per heavy atom.